The highest BCUT2D eigenvalue weighted by Crippen LogP contribution is 2.50. The summed E-state index contributed by atoms with van der Waals surface area (Å²) in [5, 5.41) is 0.564. The zero-order chi connectivity index (χ0) is 14.9. The van der Waals surface area contributed by atoms with Gasteiger partial charge in [-0.3, -0.25) is 4.79 Å². The van der Waals surface area contributed by atoms with Gasteiger partial charge < -0.3 is 15.2 Å². The Morgan fingerprint density at radius 1 is 1.19 bits per heavy atom. The monoisotopic (exact) mass is 309 g/mol. The minimum atomic E-state index is -0.165. The third-order valence-electron chi connectivity index (χ3n) is 4.65. The fraction of sp³-hybridized carbons (Fsp3) is 0.562. The lowest BCUT2D eigenvalue weighted by Gasteiger charge is -2.39. The number of carbonyl (C=O) groups is 1. The van der Waals surface area contributed by atoms with Crippen molar-refractivity contribution in [3.8, 4) is 11.5 Å². The molecule has 0 bridgehead atoms. The van der Waals surface area contributed by atoms with Crippen molar-refractivity contribution < 1.29 is 14.3 Å². The molecule has 0 aromatic heterocycles. The summed E-state index contributed by atoms with van der Waals surface area (Å²) in [6.45, 7) is 1.45. The van der Waals surface area contributed by atoms with Crippen molar-refractivity contribution >= 4 is 17.9 Å². The Bertz CT molecular complexity index is 553. The average molecular weight is 310 g/mol. The zero-order valence-electron chi connectivity index (χ0n) is 12.0. The maximum absolute atomic E-state index is 11.2. The van der Waals surface area contributed by atoms with E-state index in [9.17, 15) is 4.79 Å². The van der Waals surface area contributed by atoms with E-state index < -0.39 is 0 Å². The zero-order valence-corrected chi connectivity index (χ0v) is 12.7. The minimum absolute atomic E-state index is 0.165. The topological polar surface area (TPSA) is 61.6 Å². The van der Waals surface area contributed by atoms with Crippen LogP contribution in [-0.2, 0) is 5.41 Å². The van der Waals surface area contributed by atoms with Crippen LogP contribution in [0.3, 0.4) is 0 Å². The second-order valence-electron chi connectivity index (χ2n) is 5.84. The largest absolute Gasteiger partial charge is 0.486 e. The molecule has 1 aliphatic heterocycles. The van der Waals surface area contributed by atoms with Gasteiger partial charge in [0.1, 0.15) is 13.2 Å². The maximum atomic E-state index is 11.2. The van der Waals surface area contributed by atoms with Crippen LogP contribution >= 0.6 is 11.6 Å². The first-order chi connectivity index (χ1) is 10.2. The van der Waals surface area contributed by atoms with Gasteiger partial charge in [-0.2, -0.15) is 0 Å². The van der Waals surface area contributed by atoms with E-state index in [0.717, 1.165) is 37.5 Å². The van der Waals surface area contributed by atoms with E-state index in [-0.39, 0.29) is 5.41 Å². The van der Waals surface area contributed by atoms with Crippen LogP contribution in [0.1, 0.15) is 48.0 Å². The Morgan fingerprint density at radius 3 is 2.48 bits per heavy atom. The molecule has 0 radical (unpaired) electrons. The van der Waals surface area contributed by atoms with Gasteiger partial charge in [0.15, 0.2) is 17.8 Å². The van der Waals surface area contributed by atoms with Crippen LogP contribution in [0.15, 0.2) is 6.07 Å². The number of halogens is 1. The van der Waals surface area contributed by atoms with Crippen LogP contribution in [0.5, 0.6) is 11.5 Å². The highest BCUT2D eigenvalue weighted by molar-refractivity contribution is 6.32. The SMILES string of the molecule is NCC1(c2c(Cl)cc(C=O)c3c2OCCO3)CCCCC1. The number of rotatable bonds is 3. The van der Waals surface area contributed by atoms with Gasteiger partial charge in [0, 0.05) is 22.5 Å². The molecule has 1 aromatic rings. The van der Waals surface area contributed by atoms with Gasteiger partial charge in [0.2, 0.25) is 0 Å². The summed E-state index contributed by atoms with van der Waals surface area (Å²) in [5.74, 6) is 1.15. The average Bonchev–Trinajstić information content (AvgIpc) is 2.54. The van der Waals surface area contributed by atoms with Crippen LogP contribution in [0.25, 0.3) is 0 Å². The molecule has 0 amide bonds. The molecule has 0 saturated heterocycles. The van der Waals surface area contributed by atoms with Crippen LogP contribution in [0.2, 0.25) is 5.02 Å². The molecule has 0 unspecified atom stereocenters. The summed E-state index contributed by atoms with van der Waals surface area (Å²) >= 11 is 6.50. The number of hydrogen-bond acceptors (Lipinski definition) is 4. The molecule has 0 atom stereocenters. The van der Waals surface area contributed by atoms with Crippen molar-refractivity contribution in [1.29, 1.82) is 0 Å². The van der Waals surface area contributed by atoms with Crippen LogP contribution in [0, 0.1) is 0 Å². The van der Waals surface area contributed by atoms with Crippen LogP contribution in [-0.4, -0.2) is 26.0 Å². The van der Waals surface area contributed by atoms with E-state index >= 15 is 0 Å². The summed E-state index contributed by atoms with van der Waals surface area (Å²) in [6.07, 6.45) is 6.26. The van der Waals surface area contributed by atoms with Gasteiger partial charge in [-0.1, -0.05) is 30.9 Å². The van der Waals surface area contributed by atoms with E-state index in [1.54, 1.807) is 6.07 Å². The number of aldehydes is 1. The highest BCUT2D eigenvalue weighted by atomic mass is 35.5. The molecule has 1 aromatic carbocycles. The molecule has 1 fully saturated rings. The molecule has 1 heterocycles. The van der Waals surface area contributed by atoms with E-state index in [1.807, 2.05) is 0 Å². The summed E-state index contributed by atoms with van der Waals surface area (Å²) in [4.78, 5) is 11.2. The molecule has 114 valence electrons. The molecule has 4 nitrogen and oxygen atoms in total. The quantitative estimate of drug-likeness (QED) is 0.872. The van der Waals surface area contributed by atoms with Gasteiger partial charge in [0.25, 0.3) is 0 Å². The Labute approximate surface area is 129 Å². The molecular weight excluding hydrogens is 290 g/mol. The normalized spacial score (nSPS) is 20.1. The van der Waals surface area contributed by atoms with E-state index in [2.05, 4.69) is 0 Å². The fourth-order valence-electron chi connectivity index (χ4n) is 3.57. The summed E-state index contributed by atoms with van der Waals surface area (Å²) < 4.78 is 11.5. The molecule has 2 N–H and O–H groups in total. The molecule has 5 heteroatoms. The van der Waals surface area contributed by atoms with Gasteiger partial charge in [0.05, 0.1) is 5.56 Å². The van der Waals surface area contributed by atoms with Crippen LogP contribution in [0.4, 0.5) is 0 Å². The van der Waals surface area contributed by atoms with Gasteiger partial charge >= 0.3 is 0 Å². The minimum Gasteiger partial charge on any atom is -0.486 e. The van der Waals surface area contributed by atoms with Crippen molar-refractivity contribution in [2.45, 2.75) is 37.5 Å². The predicted molar refractivity (Wildman–Crippen MR) is 81.6 cm³/mol. The number of ether oxygens (including phenoxy) is 2. The standard InChI is InChI=1S/C16H20ClNO3/c17-12-8-11(9-19)14-15(21-7-6-20-14)13(12)16(10-18)4-2-1-3-5-16/h8-9H,1-7,10,18H2. The Kier molecular flexibility index (Phi) is 4.09. The first-order valence-electron chi connectivity index (χ1n) is 7.50. The fourth-order valence-corrected chi connectivity index (χ4v) is 3.97. The summed E-state index contributed by atoms with van der Waals surface area (Å²) in [7, 11) is 0. The molecule has 1 aliphatic carbocycles. The molecule has 0 spiro atoms. The molecule has 2 aliphatic rings. The van der Waals surface area contributed by atoms with Gasteiger partial charge in [-0.15, -0.1) is 0 Å². The van der Waals surface area contributed by atoms with Crippen molar-refractivity contribution in [3.63, 3.8) is 0 Å². The molecular formula is C16H20ClNO3. The smallest absolute Gasteiger partial charge is 0.172 e. The molecule has 1 saturated carbocycles. The number of carbonyl (C=O) groups excluding carboxylic acids is 1. The first kappa shape index (κ1) is 14.7. The van der Waals surface area contributed by atoms with Gasteiger partial charge in [-0.25, -0.2) is 0 Å². The second kappa shape index (κ2) is 5.85. The molecule has 21 heavy (non-hydrogen) atoms. The van der Waals surface area contributed by atoms with E-state index in [0.29, 0.717) is 41.8 Å². The highest BCUT2D eigenvalue weighted by Gasteiger charge is 2.39. The Morgan fingerprint density at radius 2 is 1.86 bits per heavy atom. The Hall–Kier alpha value is -1.26. The number of hydrogen-bond donors (Lipinski definition) is 1. The van der Waals surface area contributed by atoms with E-state index in [4.69, 9.17) is 26.8 Å². The van der Waals surface area contributed by atoms with Crippen molar-refractivity contribution in [1.82, 2.24) is 0 Å². The lowest BCUT2D eigenvalue weighted by molar-refractivity contribution is 0.111. The number of fused-ring (bicyclic) bond motifs is 1. The lowest BCUT2D eigenvalue weighted by atomic mass is 9.69. The second-order valence-corrected chi connectivity index (χ2v) is 6.25. The third kappa shape index (κ3) is 2.40. The van der Waals surface area contributed by atoms with Crippen molar-refractivity contribution in [2.24, 2.45) is 5.73 Å². The first-order valence-corrected chi connectivity index (χ1v) is 7.87. The lowest BCUT2D eigenvalue weighted by Crippen LogP contribution is -2.38. The third-order valence-corrected chi connectivity index (χ3v) is 4.95. The number of benzene rings is 1. The summed E-state index contributed by atoms with van der Waals surface area (Å²) in [6, 6.07) is 1.68. The van der Waals surface area contributed by atoms with Gasteiger partial charge in [-0.05, 0) is 18.9 Å². The van der Waals surface area contributed by atoms with E-state index in [1.165, 1.54) is 6.42 Å². The molecule has 3 rings (SSSR count). The maximum Gasteiger partial charge on any atom is 0.172 e. The number of nitrogens with two attached hydrogens (primary N) is 1. The van der Waals surface area contributed by atoms with Crippen molar-refractivity contribution in [3.05, 3.63) is 22.2 Å². The van der Waals surface area contributed by atoms with Crippen LogP contribution < -0.4 is 15.2 Å². The Balaban J connectivity index is 2.19. The summed E-state index contributed by atoms with van der Waals surface area (Å²) in [5.41, 5.74) is 7.34. The van der Waals surface area contributed by atoms with Crippen molar-refractivity contribution in [2.75, 3.05) is 19.8 Å². The predicted octanol–water partition coefficient (Wildman–Crippen LogP) is 3.08.